The molecule has 0 aromatic heterocycles. The summed E-state index contributed by atoms with van der Waals surface area (Å²) in [5.74, 6) is -0.761. The van der Waals surface area contributed by atoms with Gasteiger partial charge in [-0.2, -0.15) is 0 Å². The molecule has 0 saturated heterocycles. The molecule has 2 N–H and O–H groups in total. The van der Waals surface area contributed by atoms with Gasteiger partial charge in [0, 0.05) is 24.2 Å². The number of nitrogens with zero attached hydrogens (tertiary/aromatic N) is 1. The SMILES string of the molecule is O=C(NC1CC1)c1ccc(CNc2ccc([N+](=O)[O-])cc2F)cc1. The molecule has 0 bridgehead atoms. The molecule has 1 saturated carbocycles. The first kappa shape index (κ1) is 15.9. The number of rotatable bonds is 6. The molecule has 24 heavy (non-hydrogen) atoms. The molecule has 0 spiro atoms. The van der Waals surface area contributed by atoms with Gasteiger partial charge in [-0.1, -0.05) is 12.1 Å². The van der Waals surface area contributed by atoms with Gasteiger partial charge in [-0.25, -0.2) is 4.39 Å². The monoisotopic (exact) mass is 329 g/mol. The van der Waals surface area contributed by atoms with Crippen LogP contribution in [-0.2, 0) is 6.54 Å². The lowest BCUT2D eigenvalue weighted by Crippen LogP contribution is -2.25. The molecule has 3 rings (SSSR count). The number of hydrogen-bond acceptors (Lipinski definition) is 4. The molecule has 0 unspecified atom stereocenters. The number of nitro groups is 1. The molecule has 124 valence electrons. The fraction of sp³-hybridized carbons (Fsp3) is 0.235. The Labute approximate surface area is 137 Å². The van der Waals surface area contributed by atoms with Crippen molar-refractivity contribution >= 4 is 17.3 Å². The summed E-state index contributed by atoms with van der Waals surface area (Å²) in [6, 6.07) is 10.8. The summed E-state index contributed by atoms with van der Waals surface area (Å²) in [5.41, 5.74) is 1.36. The molecule has 0 aliphatic heterocycles. The third-order valence-corrected chi connectivity index (χ3v) is 3.78. The number of benzene rings is 2. The van der Waals surface area contributed by atoms with Crippen LogP contribution >= 0.6 is 0 Å². The first-order valence-corrected chi connectivity index (χ1v) is 7.60. The lowest BCUT2D eigenvalue weighted by atomic mass is 10.1. The van der Waals surface area contributed by atoms with Crippen molar-refractivity contribution < 1.29 is 14.1 Å². The van der Waals surface area contributed by atoms with Crippen molar-refractivity contribution in [3.05, 3.63) is 69.5 Å². The average molecular weight is 329 g/mol. The van der Waals surface area contributed by atoms with Crippen molar-refractivity contribution in [1.29, 1.82) is 0 Å². The van der Waals surface area contributed by atoms with E-state index < -0.39 is 10.7 Å². The molecule has 2 aromatic rings. The lowest BCUT2D eigenvalue weighted by molar-refractivity contribution is -0.385. The molecule has 6 nitrogen and oxygen atoms in total. The third-order valence-electron chi connectivity index (χ3n) is 3.78. The molecule has 0 radical (unpaired) electrons. The van der Waals surface area contributed by atoms with Crippen LogP contribution in [0.2, 0.25) is 0 Å². The first-order chi connectivity index (χ1) is 11.5. The van der Waals surface area contributed by atoms with E-state index in [1.54, 1.807) is 24.3 Å². The van der Waals surface area contributed by atoms with Gasteiger partial charge in [0.2, 0.25) is 0 Å². The van der Waals surface area contributed by atoms with Crippen molar-refractivity contribution in [2.24, 2.45) is 0 Å². The highest BCUT2D eigenvalue weighted by Gasteiger charge is 2.23. The molecular weight excluding hydrogens is 313 g/mol. The van der Waals surface area contributed by atoms with Gasteiger partial charge in [-0.3, -0.25) is 14.9 Å². The minimum atomic E-state index is -0.676. The zero-order valence-electron chi connectivity index (χ0n) is 12.8. The van der Waals surface area contributed by atoms with Crippen LogP contribution in [0.25, 0.3) is 0 Å². The van der Waals surface area contributed by atoms with Crippen molar-refractivity contribution in [3.8, 4) is 0 Å². The van der Waals surface area contributed by atoms with Crippen LogP contribution in [0.5, 0.6) is 0 Å². The Morgan fingerprint density at radius 3 is 2.50 bits per heavy atom. The molecule has 7 heteroatoms. The molecule has 1 aliphatic carbocycles. The maximum Gasteiger partial charge on any atom is 0.272 e. The van der Waals surface area contributed by atoms with Gasteiger partial charge < -0.3 is 10.6 Å². The molecule has 1 amide bonds. The molecule has 1 fully saturated rings. The highest BCUT2D eigenvalue weighted by atomic mass is 19.1. The number of nitrogens with one attached hydrogen (secondary N) is 2. The van der Waals surface area contributed by atoms with E-state index in [2.05, 4.69) is 10.6 Å². The first-order valence-electron chi connectivity index (χ1n) is 7.60. The second kappa shape index (κ2) is 6.66. The lowest BCUT2D eigenvalue weighted by Gasteiger charge is -2.08. The second-order valence-electron chi connectivity index (χ2n) is 5.72. The van der Waals surface area contributed by atoms with Gasteiger partial charge in [-0.05, 0) is 36.6 Å². The summed E-state index contributed by atoms with van der Waals surface area (Å²) in [5, 5.41) is 16.4. The number of halogens is 1. The van der Waals surface area contributed by atoms with E-state index in [-0.39, 0.29) is 17.3 Å². The van der Waals surface area contributed by atoms with E-state index in [0.29, 0.717) is 18.2 Å². The number of nitro benzene ring substituents is 1. The minimum Gasteiger partial charge on any atom is -0.379 e. The number of hydrogen-bond donors (Lipinski definition) is 2. The van der Waals surface area contributed by atoms with Gasteiger partial charge in [0.25, 0.3) is 11.6 Å². The van der Waals surface area contributed by atoms with E-state index in [1.807, 2.05) is 0 Å². The molecular formula is C17H16FN3O3. The van der Waals surface area contributed by atoms with Gasteiger partial charge in [0.05, 0.1) is 16.7 Å². The van der Waals surface area contributed by atoms with E-state index >= 15 is 0 Å². The normalized spacial score (nSPS) is 13.4. The number of carbonyl (C=O) groups excluding carboxylic acids is 1. The number of non-ortho nitro benzene ring substituents is 1. The minimum absolute atomic E-state index is 0.0848. The van der Waals surface area contributed by atoms with Gasteiger partial charge in [0.15, 0.2) is 5.82 Å². The summed E-state index contributed by atoms with van der Waals surface area (Å²) in [6.45, 7) is 0.346. The van der Waals surface area contributed by atoms with Gasteiger partial charge >= 0.3 is 0 Å². The van der Waals surface area contributed by atoms with E-state index in [0.717, 1.165) is 24.5 Å². The number of carbonyl (C=O) groups is 1. The Hall–Kier alpha value is -2.96. The fourth-order valence-electron chi connectivity index (χ4n) is 2.23. The zero-order chi connectivity index (χ0) is 17.1. The third kappa shape index (κ3) is 3.87. The summed E-state index contributed by atoms with van der Waals surface area (Å²) in [4.78, 5) is 21.8. The van der Waals surface area contributed by atoms with Crippen LogP contribution < -0.4 is 10.6 Å². The number of anilines is 1. The Morgan fingerprint density at radius 1 is 1.21 bits per heavy atom. The maximum atomic E-state index is 13.8. The highest BCUT2D eigenvalue weighted by molar-refractivity contribution is 5.94. The zero-order valence-corrected chi connectivity index (χ0v) is 12.8. The van der Waals surface area contributed by atoms with Crippen LogP contribution in [0.4, 0.5) is 15.8 Å². The smallest absolute Gasteiger partial charge is 0.272 e. The van der Waals surface area contributed by atoms with Crippen molar-refractivity contribution in [1.82, 2.24) is 5.32 Å². The Balaban J connectivity index is 1.60. The maximum absolute atomic E-state index is 13.8. The van der Waals surface area contributed by atoms with Crippen molar-refractivity contribution in [2.45, 2.75) is 25.4 Å². The largest absolute Gasteiger partial charge is 0.379 e. The van der Waals surface area contributed by atoms with Crippen LogP contribution in [0.15, 0.2) is 42.5 Å². The quantitative estimate of drug-likeness (QED) is 0.629. The predicted octanol–water partition coefficient (Wildman–Crippen LogP) is 3.24. The average Bonchev–Trinajstić information content (AvgIpc) is 3.38. The Bertz CT molecular complexity index is 773. The van der Waals surface area contributed by atoms with E-state index in [1.165, 1.54) is 12.1 Å². The van der Waals surface area contributed by atoms with Crippen LogP contribution in [0.1, 0.15) is 28.8 Å². The van der Waals surface area contributed by atoms with Crippen molar-refractivity contribution in [3.63, 3.8) is 0 Å². The van der Waals surface area contributed by atoms with E-state index in [9.17, 15) is 19.3 Å². The summed E-state index contributed by atoms with van der Waals surface area (Å²) in [7, 11) is 0. The van der Waals surface area contributed by atoms with Crippen LogP contribution in [-0.4, -0.2) is 16.9 Å². The molecule has 2 aromatic carbocycles. The van der Waals surface area contributed by atoms with Gasteiger partial charge in [0.1, 0.15) is 0 Å². The molecule has 1 aliphatic rings. The highest BCUT2D eigenvalue weighted by Crippen LogP contribution is 2.21. The summed E-state index contributed by atoms with van der Waals surface area (Å²) < 4.78 is 13.8. The fourth-order valence-corrected chi connectivity index (χ4v) is 2.23. The van der Waals surface area contributed by atoms with Crippen LogP contribution in [0.3, 0.4) is 0 Å². The van der Waals surface area contributed by atoms with Gasteiger partial charge in [-0.15, -0.1) is 0 Å². The summed E-state index contributed by atoms with van der Waals surface area (Å²) in [6.07, 6.45) is 2.07. The topological polar surface area (TPSA) is 84.3 Å². The number of amides is 1. The predicted molar refractivity (Wildman–Crippen MR) is 87.3 cm³/mol. The molecule has 0 heterocycles. The second-order valence-corrected chi connectivity index (χ2v) is 5.72. The summed E-state index contributed by atoms with van der Waals surface area (Å²) >= 11 is 0. The Morgan fingerprint density at radius 2 is 1.92 bits per heavy atom. The van der Waals surface area contributed by atoms with Crippen molar-refractivity contribution in [2.75, 3.05) is 5.32 Å². The van der Waals surface area contributed by atoms with Crippen LogP contribution in [0, 0.1) is 15.9 Å². The molecule has 0 atom stereocenters. The standard InChI is InChI=1S/C17H16FN3O3/c18-15-9-14(21(23)24)7-8-16(15)19-10-11-1-3-12(4-2-11)17(22)20-13-5-6-13/h1-4,7-9,13,19H,5-6,10H2,(H,20,22). The van der Waals surface area contributed by atoms with E-state index in [4.69, 9.17) is 0 Å². The Kier molecular flexibility index (Phi) is 4.41.